The molecule has 1 aliphatic rings. The maximum atomic E-state index is 12.3. The van der Waals surface area contributed by atoms with Crippen LogP contribution in [0.15, 0.2) is 0 Å². The van der Waals surface area contributed by atoms with Gasteiger partial charge in [-0.15, -0.1) is 0 Å². The van der Waals surface area contributed by atoms with Crippen LogP contribution < -0.4 is 5.32 Å². The summed E-state index contributed by atoms with van der Waals surface area (Å²) in [4.78, 5) is 37.1. The van der Waals surface area contributed by atoms with Crippen LogP contribution in [0.3, 0.4) is 0 Å². The predicted molar refractivity (Wildman–Crippen MR) is 83.4 cm³/mol. The van der Waals surface area contributed by atoms with Crippen molar-refractivity contribution in [2.45, 2.75) is 65.0 Å². The molecule has 0 aromatic heterocycles. The number of carbonyl (C=O) groups excluding carboxylic acids is 3. The topological polar surface area (TPSA) is 75.7 Å². The average Bonchev–Trinajstić information content (AvgIpc) is 2.42. The molecule has 22 heavy (non-hydrogen) atoms. The molecule has 2 atom stereocenters. The number of likely N-dealkylation sites (tertiary alicyclic amines) is 1. The van der Waals surface area contributed by atoms with E-state index in [1.54, 1.807) is 18.9 Å². The summed E-state index contributed by atoms with van der Waals surface area (Å²) in [6, 6.07) is -0.130. The van der Waals surface area contributed by atoms with Crippen LogP contribution in [0.25, 0.3) is 0 Å². The third kappa shape index (κ3) is 5.66. The third-order valence-corrected chi connectivity index (χ3v) is 3.90. The second-order valence-corrected chi connectivity index (χ2v) is 6.87. The minimum atomic E-state index is -0.556. The van der Waals surface area contributed by atoms with Crippen molar-refractivity contribution in [3.63, 3.8) is 0 Å². The quantitative estimate of drug-likeness (QED) is 0.862. The van der Waals surface area contributed by atoms with Gasteiger partial charge in [0.25, 0.3) is 0 Å². The van der Waals surface area contributed by atoms with Gasteiger partial charge < -0.3 is 15.0 Å². The first-order valence-corrected chi connectivity index (χ1v) is 7.84. The summed E-state index contributed by atoms with van der Waals surface area (Å²) in [5.74, 6) is 0.0521. The van der Waals surface area contributed by atoms with Gasteiger partial charge in [0.2, 0.25) is 5.91 Å². The largest absolute Gasteiger partial charge is 0.444 e. The molecule has 1 fully saturated rings. The van der Waals surface area contributed by atoms with E-state index >= 15 is 0 Å². The van der Waals surface area contributed by atoms with E-state index in [1.807, 2.05) is 20.8 Å². The Kier molecular flexibility index (Phi) is 6.38. The lowest BCUT2D eigenvalue weighted by atomic mass is 9.86. The molecule has 2 unspecified atom stereocenters. The van der Waals surface area contributed by atoms with E-state index in [9.17, 15) is 14.4 Å². The number of hydrogen-bond acceptors (Lipinski definition) is 4. The molecule has 1 aliphatic heterocycles. The van der Waals surface area contributed by atoms with E-state index < -0.39 is 5.60 Å². The van der Waals surface area contributed by atoms with E-state index in [4.69, 9.17) is 4.74 Å². The summed E-state index contributed by atoms with van der Waals surface area (Å²) in [7, 11) is 1.59. The van der Waals surface area contributed by atoms with Crippen molar-refractivity contribution in [3.8, 4) is 0 Å². The van der Waals surface area contributed by atoms with Crippen LogP contribution in [0.2, 0.25) is 0 Å². The van der Waals surface area contributed by atoms with Crippen molar-refractivity contribution in [2.75, 3.05) is 13.6 Å². The van der Waals surface area contributed by atoms with Gasteiger partial charge in [0.15, 0.2) is 0 Å². The van der Waals surface area contributed by atoms with Crippen LogP contribution in [0.4, 0.5) is 4.79 Å². The smallest absolute Gasteiger partial charge is 0.410 e. The molecule has 0 aromatic rings. The summed E-state index contributed by atoms with van der Waals surface area (Å²) in [6.07, 6.45) is 1.78. The molecule has 0 radical (unpaired) electrons. The van der Waals surface area contributed by atoms with Gasteiger partial charge in [-0.2, -0.15) is 0 Å². The SMILES string of the molecule is CNC(=O)CCC1CC(C(C)=O)CCN1C(=O)OC(C)(C)C. The van der Waals surface area contributed by atoms with Crippen molar-refractivity contribution in [1.29, 1.82) is 0 Å². The minimum absolute atomic E-state index is 0.0339. The Morgan fingerprint density at radius 3 is 2.41 bits per heavy atom. The Hall–Kier alpha value is -1.59. The van der Waals surface area contributed by atoms with Crippen molar-refractivity contribution >= 4 is 17.8 Å². The summed E-state index contributed by atoms with van der Waals surface area (Å²) < 4.78 is 5.44. The normalized spacial score (nSPS) is 22.1. The Bertz CT molecular complexity index is 428. The Labute approximate surface area is 132 Å². The second kappa shape index (κ2) is 7.61. The molecule has 0 bridgehead atoms. The van der Waals surface area contributed by atoms with Crippen molar-refractivity contribution in [3.05, 3.63) is 0 Å². The first-order chi connectivity index (χ1) is 10.1. The fourth-order valence-electron chi connectivity index (χ4n) is 2.68. The van der Waals surface area contributed by atoms with E-state index in [0.29, 0.717) is 32.2 Å². The molecule has 2 amide bonds. The van der Waals surface area contributed by atoms with Gasteiger partial charge in [0.05, 0.1) is 0 Å². The number of amides is 2. The molecular weight excluding hydrogens is 284 g/mol. The summed E-state index contributed by atoms with van der Waals surface area (Å²) in [5.41, 5.74) is -0.556. The number of rotatable bonds is 4. The van der Waals surface area contributed by atoms with Crippen LogP contribution in [-0.4, -0.2) is 47.9 Å². The van der Waals surface area contributed by atoms with E-state index in [1.165, 1.54) is 0 Å². The highest BCUT2D eigenvalue weighted by Gasteiger charge is 2.35. The summed E-state index contributed by atoms with van der Waals surface area (Å²) in [6.45, 7) is 7.56. The van der Waals surface area contributed by atoms with Gasteiger partial charge in [-0.3, -0.25) is 9.59 Å². The van der Waals surface area contributed by atoms with Gasteiger partial charge in [-0.05, 0) is 47.0 Å². The molecule has 0 aromatic carbocycles. The maximum Gasteiger partial charge on any atom is 0.410 e. The maximum absolute atomic E-state index is 12.3. The number of nitrogens with zero attached hydrogens (tertiary/aromatic N) is 1. The highest BCUT2D eigenvalue weighted by atomic mass is 16.6. The average molecular weight is 312 g/mol. The van der Waals surface area contributed by atoms with Gasteiger partial charge in [0, 0.05) is 32.0 Å². The minimum Gasteiger partial charge on any atom is -0.444 e. The van der Waals surface area contributed by atoms with E-state index in [-0.39, 0.29) is 29.7 Å². The summed E-state index contributed by atoms with van der Waals surface area (Å²) in [5, 5.41) is 2.58. The lowest BCUT2D eigenvalue weighted by Gasteiger charge is -2.39. The van der Waals surface area contributed by atoms with Crippen LogP contribution in [0.5, 0.6) is 0 Å². The van der Waals surface area contributed by atoms with Crippen molar-refractivity contribution < 1.29 is 19.1 Å². The Balaban J connectivity index is 2.76. The molecule has 1 heterocycles. The molecule has 0 aliphatic carbocycles. The molecule has 1 N–H and O–H groups in total. The molecule has 6 nitrogen and oxygen atoms in total. The highest BCUT2D eigenvalue weighted by molar-refractivity contribution is 5.79. The molecule has 1 rings (SSSR count). The second-order valence-electron chi connectivity index (χ2n) is 6.87. The van der Waals surface area contributed by atoms with E-state index in [2.05, 4.69) is 5.32 Å². The van der Waals surface area contributed by atoms with Crippen molar-refractivity contribution in [1.82, 2.24) is 10.2 Å². The lowest BCUT2D eigenvalue weighted by molar-refractivity contribution is -0.123. The number of piperidine rings is 1. The number of hydrogen-bond donors (Lipinski definition) is 1. The lowest BCUT2D eigenvalue weighted by Crippen LogP contribution is -2.49. The van der Waals surface area contributed by atoms with Crippen LogP contribution >= 0.6 is 0 Å². The molecule has 126 valence electrons. The fourth-order valence-corrected chi connectivity index (χ4v) is 2.68. The van der Waals surface area contributed by atoms with Gasteiger partial charge in [0.1, 0.15) is 11.4 Å². The standard InChI is InChI=1S/C16H28N2O4/c1-11(19)12-8-9-18(15(21)22-16(2,3)4)13(10-12)6-7-14(20)17-5/h12-13H,6-10H2,1-5H3,(H,17,20). The number of ether oxygens (including phenoxy) is 1. The first kappa shape index (κ1) is 18.5. The predicted octanol–water partition coefficient (Wildman–Crippen LogP) is 2.12. The molecule has 6 heteroatoms. The van der Waals surface area contributed by atoms with Crippen molar-refractivity contribution in [2.24, 2.45) is 5.92 Å². The fraction of sp³-hybridized carbons (Fsp3) is 0.812. The van der Waals surface area contributed by atoms with Crippen LogP contribution in [0, 0.1) is 5.92 Å². The molecule has 1 saturated heterocycles. The first-order valence-electron chi connectivity index (χ1n) is 7.84. The zero-order valence-corrected chi connectivity index (χ0v) is 14.3. The zero-order valence-electron chi connectivity index (χ0n) is 14.3. The van der Waals surface area contributed by atoms with Gasteiger partial charge >= 0.3 is 6.09 Å². The zero-order chi connectivity index (χ0) is 16.9. The Morgan fingerprint density at radius 1 is 1.27 bits per heavy atom. The number of ketones is 1. The highest BCUT2D eigenvalue weighted by Crippen LogP contribution is 2.28. The summed E-state index contributed by atoms with van der Waals surface area (Å²) >= 11 is 0. The molecular formula is C16H28N2O4. The van der Waals surface area contributed by atoms with Crippen LogP contribution in [0.1, 0.15) is 53.4 Å². The number of nitrogens with one attached hydrogen (secondary N) is 1. The Morgan fingerprint density at radius 2 is 1.91 bits per heavy atom. The number of carbonyl (C=O) groups is 3. The van der Waals surface area contributed by atoms with Crippen LogP contribution in [-0.2, 0) is 14.3 Å². The third-order valence-electron chi connectivity index (χ3n) is 3.90. The number of Topliss-reactive ketones (excluding diaryl/α,β-unsaturated/α-hetero) is 1. The van der Waals surface area contributed by atoms with Gasteiger partial charge in [-0.1, -0.05) is 0 Å². The molecule has 0 spiro atoms. The van der Waals surface area contributed by atoms with E-state index in [0.717, 1.165) is 0 Å². The van der Waals surface area contributed by atoms with Gasteiger partial charge in [-0.25, -0.2) is 4.79 Å². The monoisotopic (exact) mass is 312 g/mol. The molecule has 0 saturated carbocycles.